The molecule has 11 heteroatoms. The average Bonchev–Trinajstić information content (AvgIpc) is 2.78. The Bertz CT molecular complexity index is 1140. The molecular weight excluding hydrogens is 545 g/mol. The lowest BCUT2D eigenvalue weighted by Gasteiger charge is -2.32. The summed E-state index contributed by atoms with van der Waals surface area (Å²) in [6, 6.07) is 10.7. The van der Waals surface area contributed by atoms with Crippen LogP contribution in [0.15, 0.2) is 42.5 Å². The number of amides is 2. The molecular formula is C25H32Cl3N3O4S. The maximum atomic E-state index is 13.4. The van der Waals surface area contributed by atoms with Crippen LogP contribution in [0.2, 0.25) is 15.1 Å². The number of sulfonamides is 1. The predicted molar refractivity (Wildman–Crippen MR) is 147 cm³/mol. The summed E-state index contributed by atoms with van der Waals surface area (Å²) in [6.07, 6.45) is 1.75. The third-order valence-corrected chi connectivity index (χ3v) is 7.63. The van der Waals surface area contributed by atoms with Gasteiger partial charge in [-0.15, -0.1) is 0 Å². The van der Waals surface area contributed by atoms with E-state index in [0.717, 1.165) is 6.26 Å². The molecule has 2 aromatic carbocycles. The minimum absolute atomic E-state index is 0.0210. The monoisotopic (exact) mass is 575 g/mol. The SMILES string of the molecule is CC[C@H](C(=O)NC(C)C)N(Cc1c(Cl)cccc1Cl)C(=O)CCCN(c1ccc(Cl)cc1)S(C)(=O)=O. The predicted octanol–water partition coefficient (Wildman–Crippen LogP) is 5.53. The molecule has 0 saturated heterocycles. The van der Waals surface area contributed by atoms with Crippen molar-refractivity contribution < 1.29 is 18.0 Å². The molecule has 198 valence electrons. The summed E-state index contributed by atoms with van der Waals surface area (Å²) in [6.45, 7) is 5.65. The van der Waals surface area contributed by atoms with Gasteiger partial charge in [0.15, 0.2) is 0 Å². The lowest BCUT2D eigenvalue weighted by atomic mass is 10.1. The molecule has 0 aliphatic heterocycles. The fraction of sp³-hybridized carbons (Fsp3) is 0.440. The van der Waals surface area contributed by atoms with Crippen LogP contribution in [0, 0.1) is 0 Å². The van der Waals surface area contributed by atoms with E-state index in [1.165, 1.54) is 9.21 Å². The Kier molecular flexibility index (Phi) is 11.3. The Morgan fingerprint density at radius 3 is 2.08 bits per heavy atom. The van der Waals surface area contributed by atoms with E-state index in [4.69, 9.17) is 34.8 Å². The summed E-state index contributed by atoms with van der Waals surface area (Å²) in [5.41, 5.74) is 1.00. The van der Waals surface area contributed by atoms with Crippen molar-refractivity contribution in [2.75, 3.05) is 17.1 Å². The van der Waals surface area contributed by atoms with Crippen molar-refractivity contribution >= 4 is 62.3 Å². The smallest absolute Gasteiger partial charge is 0.243 e. The molecule has 0 spiro atoms. The molecule has 0 saturated carbocycles. The quantitative estimate of drug-likeness (QED) is 0.360. The average molecular weight is 577 g/mol. The molecule has 0 bridgehead atoms. The molecule has 2 amide bonds. The Labute approximate surface area is 228 Å². The van der Waals surface area contributed by atoms with Gasteiger partial charge in [-0.3, -0.25) is 13.9 Å². The number of anilines is 1. The summed E-state index contributed by atoms with van der Waals surface area (Å²) < 4.78 is 26.0. The summed E-state index contributed by atoms with van der Waals surface area (Å²) in [5, 5.41) is 4.14. The number of rotatable bonds is 12. The minimum atomic E-state index is -3.59. The fourth-order valence-corrected chi connectivity index (χ4v) is 5.37. The third kappa shape index (κ3) is 8.54. The molecule has 1 atom stereocenters. The molecule has 2 rings (SSSR count). The van der Waals surface area contributed by atoms with Crippen molar-refractivity contribution in [3.8, 4) is 0 Å². The van der Waals surface area contributed by atoms with E-state index in [2.05, 4.69) is 5.32 Å². The second-order valence-corrected chi connectivity index (χ2v) is 11.9. The van der Waals surface area contributed by atoms with E-state index in [1.807, 2.05) is 20.8 Å². The molecule has 0 aliphatic carbocycles. The lowest BCUT2D eigenvalue weighted by molar-refractivity contribution is -0.141. The van der Waals surface area contributed by atoms with Crippen molar-refractivity contribution in [3.63, 3.8) is 0 Å². The molecule has 7 nitrogen and oxygen atoms in total. The van der Waals surface area contributed by atoms with E-state index < -0.39 is 16.1 Å². The number of halogens is 3. The van der Waals surface area contributed by atoms with Crippen molar-refractivity contribution in [1.82, 2.24) is 10.2 Å². The minimum Gasteiger partial charge on any atom is -0.352 e. The van der Waals surface area contributed by atoms with Gasteiger partial charge in [-0.05, 0) is 63.1 Å². The number of benzene rings is 2. The van der Waals surface area contributed by atoms with Gasteiger partial charge in [0.1, 0.15) is 6.04 Å². The largest absolute Gasteiger partial charge is 0.352 e. The first-order valence-electron chi connectivity index (χ1n) is 11.6. The van der Waals surface area contributed by atoms with E-state index in [9.17, 15) is 18.0 Å². The number of hydrogen-bond donors (Lipinski definition) is 1. The number of nitrogens with zero attached hydrogens (tertiary/aromatic N) is 2. The van der Waals surface area contributed by atoms with Crippen LogP contribution in [0.4, 0.5) is 5.69 Å². The Morgan fingerprint density at radius 2 is 1.58 bits per heavy atom. The van der Waals surface area contributed by atoms with Crippen molar-refractivity contribution in [2.24, 2.45) is 0 Å². The molecule has 0 fully saturated rings. The van der Waals surface area contributed by atoms with E-state index in [-0.39, 0.29) is 43.8 Å². The van der Waals surface area contributed by atoms with E-state index in [1.54, 1.807) is 42.5 Å². The van der Waals surface area contributed by atoms with Gasteiger partial charge in [0.2, 0.25) is 21.8 Å². The molecule has 0 aromatic heterocycles. The summed E-state index contributed by atoms with van der Waals surface area (Å²) in [4.78, 5) is 27.9. The van der Waals surface area contributed by atoms with Crippen molar-refractivity contribution in [1.29, 1.82) is 0 Å². The van der Waals surface area contributed by atoms with Crippen LogP contribution in [0.1, 0.15) is 45.6 Å². The van der Waals surface area contributed by atoms with Crippen molar-refractivity contribution in [3.05, 3.63) is 63.1 Å². The van der Waals surface area contributed by atoms with Crippen molar-refractivity contribution in [2.45, 2.75) is 58.7 Å². The highest BCUT2D eigenvalue weighted by atomic mass is 35.5. The van der Waals surface area contributed by atoms with Gasteiger partial charge in [-0.2, -0.15) is 0 Å². The van der Waals surface area contributed by atoms with Crippen LogP contribution in [0.3, 0.4) is 0 Å². The number of carbonyl (C=O) groups is 2. The first-order chi connectivity index (χ1) is 16.8. The molecule has 0 unspecified atom stereocenters. The first-order valence-corrected chi connectivity index (χ1v) is 14.6. The molecule has 1 N–H and O–H groups in total. The zero-order chi connectivity index (χ0) is 27.0. The molecule has 0 radical (unpaired) electrons. The van der Waals surface area contributed by atoms with Gasteiger partial charge in [0.05, 0.1) is 11.9 Å². The summed E-state index contributed by atoms with van der Waals surface area (Å²) in [5.74, 6) is -0.579. The number of hydrogen-bond acceptors (Lipinski definition) is 4. The van der Waals surface area contributed by atoms with Crippen LogP contribution >= 0.6 is 34.8 Å². The lowest BCUT2D eigenvalue weighted by Crippen LogP contribution is -2.50. The number of carbonyl (C=O) groups excluding carboxylic acids is 2. The maximum Gasteiger partial charge on any atom is 0.243 e. The van der Waals surface area contributed by atoms with Gasteiger partial charge in [0, 0.05) is 46.2 Å². The van der Waals surface area contributed by atoms with Crippen LogP contribution < -0.4 is 9.62 Å². The second kappa shape index (κ2) is 13.5. The molecule has 0 aliphatic rings. The van der Waals surface area contributed by atoms with Crippen LogP contribution in [0.5, 0.6) is 0 Å². The molecule has 2 aromatic rings. The Morgan fingerprint density at radius 1 is 1.00 bits per heavy atom. The van der Waals surface area contributed by atoms with Crippen LogP contribution in [-0.4, -0.2) is 50.0 Å². The van der Waals surface area contributed by atoms with Gasteiger partial charge in [-0.25, -0.2) is 8.42 Å². The summed E-state index contributed by atoms with van der Waals surface area (Å²) >= 11 is 18.6. The van der Waals surface area contributed by atoms with Gasteiger partial charge < -0.3 is 10.2 Å². The number of nitrogens with one attached hydrogen (secondary N) is 1. The highest BCUT2D eigenvalue weighted by Gasteiger charge is 2.30. The van der Waals surface area contributed by atoms with Gasteiger partial charge in [0.25, 0.3) is 0 Å². The maximum absolute atomic E-state index is 13.4. The first kappa shape index (κ1) is 30.2. The topological polar surface area (TPSA) is 86.8 Å². The Balaban J connectivity index is 2.27. The van der Waals surface area contributed by atoms with E-state index in [0.29, 0.717) is 32.7 Å². The second-order valence-electron chi connectivity index (χ2n) is 8.72. The standard InChI is InChI=1S/C25H32Cl3N3O4S/c1-5-23(25(33)29-17(2)3)30(16-20-21(27)8-6-9-22(20)28)24(32)10-7-15-31(36(4,34)35)19-13-11-18(26)12-14-19/h6,8-9,11-14,17,23H,5,7,10,15-16H2,1-4H3,(H,29,33)/t23-/m1/s1. The zero-order valence-electron chi connectivity index (χ0n) is 20.8. The van der Waals surface area contributed by atoms with Gasteiger partial charge >= 0.3 is 0 Å². The Hall–Kier alpha value is -2.00. The van der Waals surface area contributed by atoms with Crippen LogP contribution in [0.25, 0.3) is 0 Å². The summed E-state index contributed by atoms with van der Waals surface area (Å²) in [7, 11) is -3.59. The highest BCUT2D eigenvalue weighted by molar-refractivity contribution is 7.92. The fourth-order valence-electron chi connectivity index (χ4n) is 3.77. The third-order valence-electron chi connectivity index (χ3n) is 5.47. The van der Waals surface area contributed by atoms with E-state index >= 15 is 0 Å². The molecule has 36 heavy (non-hydrogen) atoms. The normalized spacial score (nSPS) is 12.3. The molecule has 0 heterocycles. The van der Waals surface area contributed by atoms with Crippen LogP contribution in [-0.2, 0) is 26.2 Å². The highest BCUT2D eigenvalue weighted by Crippen LogP contribution is 2.28. The van der Waals surface area contributed by atoms with Gasteiger partial charge in [-0.1, -0.05) is 47.8 Å². The zero-order valence-corrected chi connectivity index (χ0v) is 23.9.